The number of Topliss-reactive ketones (excluding diaryl/α,β-unsaturated/α-hetero) is 1. The van der Waals surface area contributed by atoms with Gasteiger partial charge < -0.3 is 19.1 Å². The number of hydrogen-bond acceptors (Lipinski definition) is 4. The van der Waals surface area contributed by atoms with Crippen LogP contribution in [0.15, 0.2) is 42.5 Å². The van der Waals surface area contributed by atoms with Crippen LogP contribution in [0.2, 0.25) is 0 Å². The average Bonchev–Trinajstić information content (AvgIpc) is 3.47. The molecule has 0 saturated heterocycles. The molecular weight excluding hydrogens is 488 g/mol. The van der Waals surface area contributed by atoms with Crippen LogP contribution >= 0.6 is 0 Å². The van der Waals surface area contributed by atoms with E-state index in [0.717, 1.165) is 55.0 Å². The normalized spacial score (nSPS) is 18.1. The third-order valence-corrected chi connectivity index (χ3v) is 7.86. The summed E-state index contributed by atoms with van der Waals surface area (Å²) in [7, 11) is 0. The third-order valence-electron chi connectivity index (χ3n) is 7.86. The smallest absolute Gasteiger partial charge is 0.395 e. The lowest BCUT2D eigenvalue weighted by Crippen LogP contribution is -2.26. The van der Waals surface area contributed by atoms with E-state index in [1.54, 1.807) is 6.07 Å². The Morgan fingerprint density at radius 1 is 1.08 bits per heavy atom. The highest BCUT2D eigenvalue weighted by Crippen LogP contribution is 2.53. The Labute approximate surface area is 222 Å². The average molecular weight is 526 g/mol. The van der Waals surface area contributed by atoms with Gasteiger partial charge in [0, 0.05) is 35.0 Å². The number of halogens is 2. The lowest BCUT2D eigenvalue weighted by Gasteiger charge is -2.23. The molecule has 2 aliphatic rings. The number of aryl methyl sites for hydroxylation is 1. The SMILES string of the molecule is CCCC(O)Cn1c(C(C)(C)C)cc2cc(CCCC(=O)C3(c4ccc5c(c4)OC(F)(F)O5)CC3)ccc21. The molecule has 1 N–H and O–H groups in total. The van der Waals surface area contributed by atoms with Gasteiger partial charge in [-0.05, 0) is 73.6 Å². The summed E-state index contributed by atoms with van der Waals surface area (Å²) in [5, 5.41) is 11.7. The van der Waals surface area contributed by atoms with Crippen molar-refractivity contribution in [1.29, 1.82) is 0 Å². The first-order valence-corrected chi connectivity index (χ1v) is 13.7. The summed E-state index contributed by atoms with van der Waals surface area (Å²) in [6, 6.07) is 13.4. The number of aliphatic hydroxyl groups excluding tert-OH is 1. The van der Waals surface area contributed by atoms with Gasteiger partial charge in [0.15, 0.2) is 11.5 Å². The first-order chi connectivity index (χ1) is 17.9. The van der Waals surface area contributed by atoms with E-state index in [9.17, 15) is 18.7 Å². The van der Waals surface area contributed by atoms with Crippen LogP contribution < -0.4 is 9.47 Å². The Morgan fingerprint density at radius 3 is 2.50 bits per heavy atom. The van der Waals surface area contributed by atoms with Gasteiger partial charge in [-0.1, -0.05) is 46.2 Å². The molecule has 5 rings (SSSR count). The van der Waals surface area contributed by atoms with Crippen LogP contribution in [0, 0.1) is 0 Å². The topological polar surface area (TPSA) is 60.7 Å². The van der Waals surface area contributed by atoms with Crippen LogP contribution in [0.1, 0.15) is 83.0 Å². The monoisotopic (exact) mass is 525 g/mol. The number of ketones is 1. The van der Waals surface area contributed by atoms with E-state index < -0.39 is 11.7 Å². The van der Waals surface area contributed by atoms with E-state index in [0.29, 0.717) is 13.0 Å². The lowest BCUT2D eigenvalue weighted by atomic mass is 9.88. The van der Waals surface area contributed by atoms with Crippen LogP contribution in [0.5, 0.6) is 11.5 Å². The molecule has 1 fully saturated rings. The van der Waals surface area contributed by atoms with Gasteiger partial charge >= 0.3 is 6.29 Å². The molecule has 0 radical (unpaired) electrons. The summed E-state index contributed by atoms with van der Waals surface area (Å²) >= 11 is 0. The number of benzene rings is 2. The zero-order chi connectivity index (χ0) is 27.3. The van der Waals surface area contributed by atoms with Gasteiger partial charge in [-0.25, -0.2) is 0 Å². The molecular formula is C31H37F2NO4. The number of aromatic nitrogens is 1. The molecule has 0 spiro atoms. The quantitative estimate of drug-likeness (QED) is 0.308. The van der Waals surface area contributed by atoms with Crippen molar-refractivity contribution >= 4 is 16.7 Å². The molecule has 204 valence electrons. The largest absolute Gasteiger partial charge is 0.586 e. The highest BCUT2D eigenvalue weighted by Gasteiger charge is 2.51. The molecule has 0 amide bonds. The molecule has 7 heteroatoms. The summed E-state index contributed by atoms with van der Waals surface area (Å²) in [4.78, 5) is 13.2. The maximum absolute atomic E-state index is 13.4. The minimum absolute atomic E-state index is 0.000662. The van der Waals surface area contributed by atoms with Gasteiger partial charge in [0.2, 0.25) is 0 Å². The van der Waals surface area contributed by atoms with Crippen molar-refractivity contribution in [3.8, 4) is 11.5 Å². The summed E-state index contributed by atoms with van der Waals surface area (Å²) in [5.41, 5.74) is 3.57. The van der Waals surface area contributed by atoms with Crippen molar-refractivity contribution in [2.24, 2.45) is 0 Å². The van der Waals surface area contributed by atoms with Crippen molar-refractivity contribution in [1.82, 2.24) is 4.57 Å². The van der Waals surface area contributed by atoms with E-state index in [1.807, 2.05) is 0 Å². The molecule has 1 saturated carbocycles. The number of alkyl halides is 2. The maximum atomic E-state index is 13.4. The van der Waals surface area contributed by atoms with E-state index in [2.05, 4.69) is 66.0 Å². The standard InChI is InChI=1S/C31H37F2NO4/c1-5-7-23(35)19-34-24-12-10-20(16-21(24)17-27(34)29(2,3)4)8-6-9-28(36)30(14-15-30)22-11-13-25-26(18-22)38-31(32,33)37-25/h10-13,16-18,23,35H,5-9,14-15,19H2,1-4H3. The molecule has 3 aromatic rings. The van der Waals surface area contributed by atoms with Gasteiger partial charge in [0.25, 0.3) is 0 Å². The van der Waals surface area contributed by atoms with Crippen LogP contribution in [-0.2, 0) is 28.6 Å². The molecule has 2 aromatic carbocycles. The lowest BCUT2D eigenvalue weighted by molar-refractivity contribution is -0.286. The third kappa shape index (κ3) is 5.18. The number of ether oxygens (including phenoxy) is 2. The number of hydrogen-bond donors (Lipinski definition) is 1. The van der Waals surface area contributed by atoms with E-state index in [-0.39, 0.29) is 28.8 Å². The van der Waals surface area contributed by atoms with Crippen molar-refractivity contribution < 1.29 is 28.2 Å². The number of carbonyl (C=O) groups excluding carboxylic acids is 1. The number of aliphatic hydroxyl groups is 1. The summed E-state index contributed by atoms with van der Waals surface area (Å²) in [6.07, 6.45) is 1.05. The summed E-state index contributed by atoms with van der Waals surface area (Å²) in [6.45, 7) is 9.24. The van der Waals surface area contributed by atoms with E-state index in [4.69, 9.17) is 0 Å². The second kappa shape index (κ2) is 9.67. The molecule has 0 bridgehead atoms. The molecule has 5 nitrogen and oxygen atoms in total. The molecule has 1 aromatic heterocycles. The van der Waals surface area contributed by atoms with Gasteiger partial charge in [-0.15, -0.1) is 8.78 Å². The maximum Gasteiger partial charge on any atom is 0.586 e. The molecule has 38 heavy (non-hydrogen) atoms. The van der Waals surface area contributed by atoms with Crippen LogP contribution in [0.25, 0.3) is 10.9 Å². The predicted molar refractivity (Wildman–Crippen MR) is 143 cm³/mol. The van der Waals surface area contributed by atoms with Gasteiger partial charge in [0.05, 0.1) is 11.5 Å². The zero-order valence-electron chi connectivity index (χ0n) is 22.7. The first-order valence-electron chi connectivity index (χ1n) is 13.7. The van der Waals surface area contributed by atoms with E-state index >= 15 is 0 Å². The number of carbonyl (C=O) groups is 1. The van der Waals surface area contributed by atoms with Crippen molar-refractivity contribution in [2.45, 2.75) is 102 Å². The van der Waals surface area contributed by atoms with Crippen molar-refractivity contribution in [3.63, 3.8) is 0 Å². The van der Waals surface area contributed by atoms with Crippen molar-refractivity contribution in [2.75, 3.05) is 0 Å². The Morgan fingerprint density at radius 2 is 1.82 bits per heavy atom. The fourth-order valence-corrected chi connectivity index (χ4v) is 5.72. The highest BCUT2D eigenvalue weighted by atomic mass is 19.3. The predicted octanol–water partition coefficient (Wildman–Crippen LogP) is 7.04. The molecule has 1 atom stereocenters. The second-order valence-electron chi connectivity index (χ2n) is 11.9. The Balaban J connectivity index is 1.26. The fourth-order valence-electron chi connectivity index (χ4n) is 5.72. The second-order valence-corrected chi connectivity index (χ2v) is 11.9. The minimum Gasteiger partial charge on any atom is -0.395 e. The van der Waals surface area contributed by atoms with Gasteiger partial charge in [0.1, 0.15) is 5.78 Å². The summed E-state index contributed by atoms with van der Waals surface area (Å²) < 4.78 is 38.2. The van der Waals surface area contributed by atoms with Crippen LogP contribution in [0.3, 0.4) is 0 Å². The first kappa shape index (κ1) is 26.7. The minimum atomic E-state index is -3.66. The van der Waals surface area contributed by atoms with Crippen LogP contribution in [-0.4, -0.2) is 27.9 Å². The summed E-state index contributed by atoms with van der Waals surface area (Å²) in [5.74, 6) is 0.139. The van der Waals surface area contributed by atoms with Gasteiger partial charge in [-0.3, -0.25) is 4.79 Å². The highest BCUT2D eigenvalue weighted by molar-refractivity contribution is 5.93. The Kier molecular flexibility index (Phi) is 6.79. The molecule has 1 unspecified atom stereocenters. The number of nitrogens with zero attached hydrogens (tertiary/aromatic N) is 1. The van der Waals surface area contributed by atoms with Gasteiger partial charge in [-0.2, -0.15) is 0 Å². The number of fused-ring (bicyclic) bond motifs is 2. The molecule has 1 aliphatic carbocycles. The molecule has 2 heterocycles. The fraction of sp³-hybridized carbons (Fsp3) is 0.516. The van der Waals surface area contributed by atoms with Crippen LogP contribution in [0.4, 0.5) is 8.78 Å². The number of rotatable bonds is 10. The Bertz CT molecular complexity index is 1350. The molecule has 1 aliphatic heterocycles. The van der Waals surface area contributed by atoms with E-state index in [1.165, 1.54) is 23.4 Å². The van der Waals surface area contributed by atoms with Crippen molar-refractivity contribution in [3.05, 3.63) is 59.3 Å². The zero-order valence-corrected chi connectivity index (χ0v) is 22.7. The Hall–Kier alpha value is -2.93.